The van der Waals surface area contributed by atoms with Crippen molar-refractivity contribution in [3.63, 3.8) is 0 Å². The van der Waals surface area contributed by atoms with Crippen molar-refractivity contribution in [3.05, 3.63) is 36.5 Å². The average molecular weight is 992 g/mol. The molecular weight excluding hydrogens is 903 g/mol. The van der Waals surface area contributed by atoms with Gasteiger partial charge in [-0.3, -0.25) is 4.79 Å². The van der Waals surface area contributed by atoms with Crippen molar-refractivity contribution in [2.75, 3.05) is 26.4 Å². The lowest BCUT2D eigenvalue weighted by Crippen LogP contribution is -2.66. The Kier molecular flexibility index (Phi) is 31.3. The molecular formula is C50H89NO18. The minimum Gasteiger partial charge on any atom is -0.394 e. The first-order valence-electron chi connectivity index (χ1n) is 25.7. The lowest BCUT2D eigenvalue weighted by Gasteiger charge is -2.48. The van der Waals surface area contributed by atoms with E-state index in [9.17, 15) is 61.0 Å². The summed E-state index contributed by atoms with van der Waals surface area (Å²) < 4.78 is 34.0. The number of aliphatic hydroxyl groups excluding tert-OH is 11. The predicted octanol–water partition coefficient (Wildman–Crippen LogP) is 1.81. The highest BCUT2D eigenvalue weighted by atomic mass is 16.8. The van der Waals surface area contributed by atoms with E-state index in [1.165, 1.54) is 38.5 Å². The molecule has 1 amide bonds. The SMILES string of the molecule is CCCCCC/C=C\C/C=C\CCCCCCCC(=O)NC(COC1OC(CO)C(OC2OC(CO)C(OC3OC(CO)C(O)C(O)C3O)C(O)C2O)C(O)C1O)C(O)/C=C/CCCCCCCC. The van der Waals surface area contributed by atoms with Crippen LogP contribution in [0.5, 0.6) is 0 Å². The van der Waals surface area contributed by atoms with E-state index in [1.807, 2.05) is 6.08 Å². The van der Waals surface area contributed by atoms with Crippen LogP contribution in [0.3, 0.4) is 0 Å². The van der Waals surface area contributed by atoms with Gasteiger partial charge in [-0.1, -0.05) is 121 Å². The van der Waals surface area contributed by atoms with Crippen molar-refractivity contribution >= 4 is 5.91 Å². The van der Waals surface area contributed by atoms with Crippen molar-refractivity contribution in [3.8, 4) is 0 Å². The second kappa shape index (κ2) is 35.2. The number of allylic oxidation sites excluding steroid dienone is 5. The summed E-state index contributed by atoms with van der Waals surface area (Å²) in [5, 5.41) is 119. The molecule has 19 heteroatoms. The van der Waals surface area contributed by atoms with Crippen LogP contribution in [0.1, 0.15) is 142 Å². The van der Waals surface area contributed by atoms with Crippen molar-refractivity contribution < 1.29 is 89.4 Å². The summed E-state index contributed by atoms with van der Waals surface area (Å²) in [5.41, 5.74) is 0. The molecule has 402 valence electrons. The first kappa shape index (κ1) is 61.3. The first-order valence-corrected chi connectivity index (χ1v) is 25.7. The number of ether oxygens (including phenoxy) is 6. The molecule has 3 fully saturated rings. The van der Waals surface area contributed by atoms with E-state index in [4.69, 9.17) is 28.4 Å². The number of hydrogen-bond donors (Lipinski definition) is 12. The average Bonchev–Trinajstić information content (AvgIpc) is 3.34. The molecule has 0 aromatic heterocycles. The summed E-state index contributed by atoms with van der Waals surface area (Å²) in [6, 6.07) is -0.976. The second-order valence-corrected chi connectivity index (χ2v) is 18.6. The first-order chi connectivity index (χ1) is 33.3. The Bertz CT molecular complexity index is 1420. The van der Waals surface area contributed by atoms with Gasteiger partial charge in [0.1, 0.15) is 73.2 Å². The van der Waals surface area contributed by atoms with E-state index in [-0.39, 0.29) is 18.9 Å². The van der Waals surface area contributed by atoms with Crippen molar-refractivity contribution in [1.82, 2.24) is 5.32 Å². The number of hydrogen-bond acceptors (Lipinski definition) is 18. The van der Waals surface area contributed by atoms with Gasteiger partial charge in [-0.15, -0.1) is 0 Å². The normalized spacial score (nSPS) is 33.1. The van der Waals surface area contributed by atoms with Gasteiger partial charge in [-0.05, 0) is 51.4 Å². The van der Waals surface area contributed by atoms with Gasteiger partial charge in [-0.2, -0.15) is 0 Å². The highest BCUT2D eigenvalue weighted by Gasteiger charge is 2.53. The van der Waals surface area contributed by atoms with E-state index >= 15 is 0 Å². The Morgan fingerprint density at radius 3 is 1.49 bits per heavy atom. The number of carbonyl (C=O) groups excluding carboxylic acids is 1. The van der Waals surface area contributed by atoms with Gasteiger partial charge in [0.2, 0.25) is 5.91 Å². The Balaban J connectivity index is 1.54. The van der Waals surface area contributed by atoms with Crippen LogP contribution < -0.4 is 5.32 Å². The number of aliphatic hydroxyl groups is 11. The van der Waals surface area contributed by atoms with E-state index in [0.29, 0.717) is 6.42 Å². The summed E-state index contributed by atoms with van der Waals surface area (Å²) in [6.45, 7) is 1.60. The molecule has 19 nitrogen and oxygen atoms in total. The minimum atomic E-state index is -1.98. The molecule has 12 N–H and O–H groups in total. The molecule has 3 aliphatic rings. The molecule has 0 aromatic rings. The Hall–Kier alpha value is -1.99. The molecule has 0 radical (unpaired) electrons. The third-order valence-corrected chi connectivity index (χ3v) is 12.9. The van der Waals surface area contributed by atoms with E-state index in [0.717, 1.165) is 77.0 Å². The third-order valence-electron chi connectivity index (χ3n) is 12.9. The van der Waals surface area contributed by atoms with Gasteiger partial charge in [0, 0.05) is 6.42 Å². The van der Waals surface area contributed by atoms with Crippen molar-refractivity contribution in [2.24, 2.45) is 0 Å². The number of carbonyl (C=O) groups is 1. The molecule has 0 saturated carbocycles. The van der Waals surface area contributed by atoms with Gasteiger partial charge in [0.05, 0.1) is 38.6 Å². The highest BCUT2D eigenvalue weighted by Crippen LogP contribution is 2.33. The van der Waals surface area contributed by atoms with E-state index < -0.39 is 124 Å². The summed E-state index contributed by atoms with van der Waals surface area (Å²) in [7, 11) is 0. The smallest absolute Gasteiger partial charge is 0.220 e. The van der Waals surface area contributed by atoms with Crippen LogP contribution >= 0.6 is 0 Å². The van der Waals surface area contributed by atoms with Gasteiger partial charge in [-0.25, -0.2) is 0 Å². The van der Waals surface area contributed by atoms with Crippen LogP contribution in [0, 0.1) is 0 Å². The molecule has 17 unspecified atom stereocenters. The maximum Gasteiger partial charge on any atom is 0.220 e. The van der Waals surface area contributed by atoms with Crippen molar-refractivity contribution in [2.45, 2.75) is 247 Å². The quantitative estimate of drug-likeness (QED) is 0.0318. The summed E-state index contributed by atoms with van der Waals surface area (Å²) in [5.74, 6) is -0.296. The summed E-state index contributed by atoms with van der Waals surface area (Å²) in [6.07, 6.45) is 5.98. The van der Waals surface area contributed by atoms with Gasteiger partial charge >= 0.3 is 0 Å². The Morgan fingerprint density at radius 2 is 0.957 bits per heavy atom. The van der Waals surface area contributed by atoms with Crippen molar-refractivity contribution in [1.29, 1.82) is 0 Å². The third kappa shape index (κ3) is 21.2. The molecule has 0 spiro atoms. The Morgan fingerprint density at radius 1 is 0.522 bits per heavy atom. The number of unbranched alkanes of at least 4 members (excludes halogenated alkanes) is 15. The zero-order valence-corrected chi connectivity index (χ0v) is 41.0. The number of amides is 1. The molecule has 17 atom stereocenters. The lowest BCUT2D eigenvalue weighted by molar-refractivity contribution is -0.379. The number of rotatable bonds is 35. The van der Waals surface area contributed by atoms with Gasteiger partial charge in [0.25, 0.3) is 0 Å². The predicted molar refractivity (Wildman–Crippen MR) is 254 cm³/mol. The maximum atomic E-state index is 13.2. The molecule has 3 rings (SSSR count). The largest absolute Gasteiger partial charge is 0.394 e. The van der Waals surface area contributed by atoms with Crippen LogP contribution in [0.4, 0.5) is 0 Å². The van der Waals surface area contributed by atoms with Crippen LogP contribution in [0.15, 0.2) is 36.5 Å². The highest BCUT2D eigenvalue weighted by molar-refractivity contribution is 5.76. The standard InChI is InChI=1S/C50H89NO18/c1-3-5-7-9-11-13-14-15-16-17-18-19-20-22-24-26-28-38(56)51-33(34(55)27-25-23-21-12-10-8-6-4-2)32-64-48-44(62)41(59)46(36(30-53)66-48)69-50-45(63)42(60)47(37(31-54)67-50)68-49-43(61)40(58)39(57)35(29-52)65-49/h13-14,16-17,25,27,33-37,39-50,52-55,57-63H,3-12,15,18-24,26,28-32H2,1-2H3,(H,51,56)/b14-13-,17-16-,27-25+. The van der Waals surface area contributed by atoms with Crippen LogP contribution in [0.2, 0.25) is 0 Å². The van der Waals surface area contributed by atoms with Gasteiger partial charge in [0.15, 0.2) is 18.9 Å². The van der Waals surface area contributed by atoms with Crippen LogP contribution in [-0.2, 0) is 33.2 Å². The fourth-order valence-corrected chi connectivity index (χ4v) is 8.57. The van der Waals surface area contributed by atoms with Crippen LogP contribution in [-0.4, -0.2) is 193 Å². The number of nitrogens with one attached hydrogen (secondary N) is 1. The van der Waals surface area contributed by atoms with Gasteiger partial charge < -0.3 is 89.9 Å². The molecule has 3 saturated heterocycles. The minimum absolute atomic E-state index is 0.226. The zero-order chi connectivity index (χ0) is 50.6. The zero-order valence-electron chi connectivity index (χ0n) is 41.0. The lowest BCUT2D eigenvalue weighted by atomic mass is 9.96. The van der Waals surface area contributed by atoms with E-state index in [1.54, 1.807) is 6.08 Å². The molecule has 3 heterocycles. The summed E-state index contributed by atoms with van der Waals surface area (Å²) >= 11 is 0. The Labute approximate surface area is 409 Å². The molecule has 0 aromatic carbocycles. The maximum absolute atomic E-state index is 13.2. The van der Waals surface area contributed by atoms with E-state index in [2.05, 4.69) is 43.5 Å². The molecule has 0 bridgehead atoms. The topological polar surface area (TPSA) is 307 Å². The fourth-order valence-electron chi connectivity index (χ4n) is 8.57. The molecule has 3 aliphatic heterocycles. The van der Waals surface area contributed by atoms with Crippen LogP contribution in [0.25, 0.3) is 0 Å². The monoisotopic (exact) mass is 992 g/mol. The molecule has 0 aliphatic carbocycles. The molecule has 69 heavy (non-hydrogen) atoms. The fraction of sp³-hybridized carbons (Fsp3) is 0.860. The second-order valence-electron chi connectivity index (χ2n) is 18.6. The summed E-state index contributed by atoms with van der Waals surface area (Å²) in [4.78, 5) is 13.2.